The largest absolute Gasteiger partial charge is 0.480 e. The highest BCUT2D eigenvalue weighted by molar-refractivity contribution is 7.81. The normalized spacial score (nSPS) is 12.1. The number of aliphatic hydroxyl groups is 4. The van der Waals surface area contributed by atoms with Crippen LogP contribution in [0.2, 0.25) is 0 Å². The van der Waals surface area contributed by atoms with Gasteiger partial charge in [-0.05, 0) is 11.1 Å². The average Bonchev–Trinajstić information content (AvgIpc) is 2.74. The van der Waals surface area contributed by atoms with E-state index in [1.54, 1.807) is 48.5 Å². The van der Waals surface area contributed by atoms with Crippen LogP contribution in [0, 0.1) is 0 Å². The van der Waals surface area contributed by atoms with Crippen molar-refractivity contribution in [1.82, 2.24) is 0 Å². The van der Waals surface area contributed by atoms with Gasteiger partial charge < -0.3 is 35.4 Å². The number of ether oxygens (including phenoxy) is 1. The van der Waals surface area contributed by atoms with Gasteiger partial charge in [-0.25, -0.2) is 0 Å². The molecule has 11 heteroatoms. The summed E-state index contributed by atoms with van der Waals surface area (Å²) in [5.41, 5.74) is 1.42. The molecule has 0 aliphatic heterocycles. The van der Waals surface area contributed by atoms with Crippen molar-refractivity contribution in [3.8, 4) is 0 Å². The van der Waals surface area contributed by atoms with Gasteiger partial charge in [-0.3, -0.25) is 9.59 Å². The zero-order valence-electron chi connectivity index (χ0n) is 16.3. The second-order valence-electron chi connectivity index (χ2n) is 5.80. The molecule has 2 unspecified atom stereocenters. The van der Waals surface area contributed by atoms with Crippen LogP contribution in [0.1, 0.15) is 21.6 Å². The van der Waals surface area contributed by atoms with E-state index < -0.39 is 35.0 Å². The Kier molecular flexibility index (Phi) is 15.4. The second-order valence-corrected chi connectivity index (χ2v) is 6.83. The van der Waals surface area contributed by atoms with Crippen LogP contribution in [0.4, 0.5) is 0 Å². The molecule has 2 rings (SSSR count). The Hall–Kier alpha value is -2.12. The van der Waals surface area contributed by atoms with Gasteiger partial charge in [-0.15, -0.1) is 0 Å². The summed E-state index contributed by atoms with van der Waals surface area (Å²) in [6.07, 6.45) is -3.10. The smallest absolute Gasteiger partial charge is 0.320 e. The van der Waals surface area contributed by atoms with Crippen molar-refractivity contribution in [3.05, 3.63) is 71.8 Å². The Morgan fingerprint density at radius 3 is 1.19 bits per heavy atom. The molecule has 0 spiro atoms. The highest BCUT2D eigenvalue weighted by Gasteiger charge is 2.13. The van der Waals surface area contributed by atoms with Crippen LogP contribution in [0.3, 0.4) is 0 Å². The van der Waals surface area contributed by atoms with Crippen LogP contribution in [0.15, 0.2) is 60.7 Å². The zero-order valence-corrected chi connectivity index (χ0v) is 18.1. The fraction of sp³-hybridized carbons (Fsp3) is 0.300. The minimum atomic E-state index is -1.55. The van der Waals surface area contributed by atoms with Gasteiger partial charge in [0.1, 0.15) is 10.5 Å². The number of carboxylic acids is 2. The van der Waals surface area contributed by atoms with E-state index in [1.165, 1.54) is 0 Å². The fourth-order valence-corrected chi connectivity index (χ4v) is 2.18. The van der Waals surface area contributed by atoms with E-state index in [0.717, 1.165) is 0 Å². The molecule has 0 aliphatic rings. The van der Waals surface area contributed by atoms with Crippen molar-refractivity contribution >= 4 is 37.2 Å². The lowest BCUT2D eigenvalue weighted by molar-refractivity contribution is -0.139. The molecule has 0 aliphatic carbocycles. The van der Waals surface area contributed by atoms with E-state index in [2.05, 4.69) is 30.0 Å². The van der Waals surface area contributed by atoms with Gasteiger partial charge in [0.15, 0.2) is 12.6 Å². The van der Waals surface area contributed by atoms with Gasteiger partial charge in [-0.1, -0.05) is 60.7 Å². The first-order valence-corrected chi connectivity index (χ1v) is 9.81. The first-order chi connectivity index (χ1) is 14.6. The molecule has 0 heterocycles. The Morgan fingerprint density at radius 1 is 0.677 bits per heavy atom. The number of carboxylic acid groups (broad SMARTS) is 2. The van der Waals surface area contributed by atoms with Gasteiger partial charge in [0.05, 0.1) is 13.2 Å². The van der Waals surface area contributed by atoms with Crippen LogP contribution >= 0.6 is 25.3 Å². The molecule has 0 radical (unpaired) electrons. The van der Waals surface area contributed by atoms with Crippen molar-refractivity contribution in [3.63, 3.8) is 0 Å². The molecule has 31 heavy (non-hydrogen) atoms. The predicted octanol–water partition coefficient (Wildman–Crippen LogP) is 1.11. The van der Waals surface area contributed by atoms with E-state index in [4.69, 9.17) is 30.6 Å². The third kappa shape index (κ3) is 14.5. The fourth-order valence-electron chi connectivity index (χ4n) is 1.83. The van der Waals surface area contributed by atoms with Gasteiger partial charge in [0, 0.05) is 0 Å². The molecule has 2 aromatic carbocycles. The minimum Gasteiger partial charge on any atom is -0.480 e. The monoisotopic (exact) mass is 474 g/mol. The van der Waals surface area contributed by atoms with Crippen molar-refractivity contribution in [2.24, 2.45) is 0 Å². The lowest BCUT2D eigenvalue weighted by atomic mass is 10.1. The third-order valence-electron chi connectivity index (χ3n) is 3.23. The van der Waals surface area contributed by atoms with Gasteiger partial charge in [-0.2, -0.15) is 25.3 Å². The molecule has 0 bridgehead atoms. The Bertz CT molecular complexity index is 679. The first kappa shape index (κ1) is 28.9. The third-order valence-corrected chi connectivity index (χ3v) is 4.27. The summed E-state index contributed by atoms with van der Waals surface area (Å²) in [5, 5.41) is 48.2. The summed E-state index contributed by atoms with van der Waals surface area (Å²) >= 11 is 7.83. The van der Waals surface area contributed by atoms with Crippen molar-refractivity contribution < 1.29 is 45.0 Å². The number of thiol groups is 2. The molecule has 2 atom stereocenters. The van der Waals surface area contributed by atoms with Gasteiger partial charge in [0.2, 0.25) is 0 Å². The molecule has 0 saturated heterocycles. The molecule has 2 aromatic rings. The first-order valence-electron chi connectivity index (χ1n) is 8.77. The maximum Gasteiger partial charge on any atom is 0.320 e. The predicted molar refractivity (Wildman–Crippen MR) is 119 cm³/mol. The summed E-state index contributed by atoms with van der Waals surface area (Å²) in [5.74, 6) is -1.83. The number of aliphatic hydroxyl groups excluding tert-OH is 2. The van der Waals surface area contributed by atoms with Gasteiger partial charge >= 0.3 is 11.9 Å². The Labute approximate surface area is 190 Å². The number of rotatable bonds is 8. The summed E-state index contributed by atoms with van der Waals surface area (Å²) in [4.78, 5) is 20.8. The Balaban J connectivity index is 0.000000439. The topological polar surface area (TPSA) is 165 Å². The average molecular weight is 475 g/mol. The molecular weight excluding hydrogens is 448 g/mol. The number of hydrogen-bond donors (Lipinski definition) is 8. The van der Waals surface area contributed by atoms with E-state index in [0.29, 0.717) is 11.1 Å². The summed E-state index contributed by atoms with van der Waals surface area (Å²) < 4.78 is 4.36. The molecule has 0 fully saturated rings. The van der Waals surface area contributed by atoms with E-state index in [-0.39, 0.29) is 13.2 Å². The summed E-state index contributed by atoms with van der Waals surface area (Å²) in [6, 6.07) is 17.8. The molecule has 0 aromatic heterocycles. The Morgan fingerprint density at radius 2 is 0.968 bits per heavy atom. The van der Waals surface area contributed by atoms with Crippen LogP contribution in [0.5, 0.6) is 0 Å². The van der Waals surface area contributed by atoms with Crippen molar-refractivity contribution in [2.75, 3.05) is 13.2 Å². The summed E-state index contributed by atoms with van der Waals surface area (Å²) in [6.45, 7) is -0.616. The highest BCUT2D eigenvalue weighted by Crippen LogP contribution is 2.19. The van der Waals surface area contributed by atoms with Crippen LogP contribution in [-0.4, -0.2) is 68.4 Å². The molecule has 6 N–H and O–H groups in total. The van der Waals surface area contributed by atoms with Crippen LogP contribution in [-0.2, 0) is 14.3 Å². The van der Waals surface area contributed by atoms with Crippen molar-refractivity contribution in [1.29, 1.82) is 0 Å². The van der Waals surface area contributed by atoms with Crippen LogP contribution < -0.4 is 0 Å². The van der Waals surface area contributed by atoms with E-state index in [1.807, 2.05) is 12.1 Å². The summed E-state index contributed by atoms with van der Waals surface area (Å²) in [7, 11) is 0. The van der Waals surface area contributed by atoms with E-state index in [9.17, 15) is 9.59 Å². The molecule has 172 valence electrons. The highest BCUT2D eigenvalue weighted by atomic mass is 32.1. The number of hydrogen-bond acceptors (Lipinski definition) is 9. The van der Waals surface area contributed by atoms with E-state index >= 15 is 0 Å². The SMILES string of the molecule is O=C(O)C(S)c1ccccc1.O=C(O)C(S)c1ccccc1.OC(O)COCC(O)O. The number of carbonyl (C=O) groups is 2. The molecule has 0 amide bonds. The van der Waals surface area contributed by atoms with Crippen molar-refractivity contribution in [2.45, 2.75) is 23.1 Å². The molecule has 0 saturated carbocycles. The lowest BCUT2D eigenvalue weighted by Gasteiger charge is -2.05. The number of benzene rings is 2. The molecule has 9 nitrogen and oxygen atoms in total. The quantitative estimate of drug-likeness (QED) is 0.207. The minimum absolute atomic E-state index is 0.308. The standard InChI is InChI=1S/2C8H8O2S.C4H10O5/c2*9-8(10)7(11)6-4-2-1-3-5-6;5-3(6)1-9-2-4(7)8/h2*1-5,7,11H,(H,9,10);3-8H,1-2H2. The lowest BCUT2D eigenvalue weighted by Crippen LogP contribution is -2.20. The maximum absolute atomic E-state index is 10.4. The maximum atomic E-state index is 10.4. The zero-order chi connectivity index (χ0) is 23.8. The second kappa shape index (κ2) is 16.6. The van der Waals surface area contributed by atoms with Gasteiger partial charge in [0.25, 0.3) is 0 Å². The van der Waals surface area contributed by atoms with Crippen LogP contribution in [0.25, 0.3) is 0 Å². The number of aliphatic carboxylic acids is 2. The molecular formula is C20H26O9S2.